The quantitative estimate of drug-likeness (QED) is 0.929. The first-order valence-corrected chi connectivity index (χ1v) is 7.65. The fraction of sp³-hybridized carbons (Fsp3) is 0.588. The summed E-state index contributed by atoms with van der Waals surface area (Å²) in [5.74, 6) is 0. The lowest BCUT2D eigenvalue weighted by Gasteiger charge is -2.25. The molecule has 0 aliphatic carbocycles. The predicted molar refractivity (Wildman–Crippen MR) is 83.4 cm³/mol. The molecule has 22 heavy (non-hydrogen) atoms. The molecule has 1 aliphatic rings. The Bertz CT molecular complexity index is 483. The number of hydrogen-bond donors (Lipinski definition) is 1. The zero-order chi connectivity index (χ0) is 16.2. The van der Waals surface area contributed by atoms with Crippen LogP contribution in [0.3, 0.4) is 0 Å². The molecule has 1 aromatic carbocycles. The molecule has 1 heterocycles. The Morgan fingerprint density at radius 1 is 1.32 bits per heavy atom. The van der Waals surface area contributed by atoms with E-state index >= 15 is 0 Å². The number of hydrogen-bond acceptors (Lipinski definition) is 4. The number of nitrogens with zero attached hydrogens (tertiary/aromatic N) is 1. The van der Waals surface area contributed by atoms with Gasteiger partial charge in [0.15, 0.2) is 0 Å². The first kappa shape index (κ1) is 16.8. The summed E-state index contributed by atoms with van der Waals surface area (Å²) in [6, 6.07) is 9.31. The molecule has 1 fully saturated rings. The maximum Gasteiger partial charge on any atom is 0.410 e. The van der Waals surface area contributed by atoms with Crippen LogP contribution >= 0.6 is 0 Å². The molecule has 1 amide bonds. The van der Waals surface area contributed by atoms with Crippen molar-refractivity contribution in [2.45, 2.75) is 51.5 Å². The molecule has 1 N–H and O–H groups in total. The van der Waals surface area contributed by atoms with E-state index in [1.54, 1.807) is 4.90 Å². The Morgan fingerprint density at radius 3 is 2.59 bits per heavy atom. The minimum absolute atomic E-state index is 0.0681. The molecule has 0 radical (unpaired) electrons. The summed E-state index contributed by atoms with van der Waals surface area (Å²) in [4.78, 5) is 13.8. The Labute approximate surface area is 131 Å². The number of rotatable bonds is 4. The lowest BCUT2D eigenvalue weighted by molar-refractivity contribution is -0.0540. The molecule has 0 aromatic heterocycles. The topological polar surface area (TPSA) is 59.0 Å². The molecular formula is C17H25NO4. The van der Waals surface area contributed by atoms with E-state index < -0.39 is 6.09 Å². The van der Waals surface area contributed by atoms with E-state index in [0.29, 0.717) is 13.0 Å². The third-order valence-electron chi connectivity index (χ3n) is 3.55. The van der Waals surface area contributed by atoms with Crippen molar-refractivity contribution in [2.75, 3.05) is 13.2 Å². The van der Waals surface area contributed by atoms with Gasteiger partial charge in [0.05, 0.1) is 30.9 Å². The van der Waals surface area contributed by atoms with Crippen LogP contribution in [0.25, 0.3) is 0 Å². The van der Waals surface area contributed by atoms with Crippen LogP contribution in [0.5, 0.6) is 0 Å². The van der Waals surface area contributed by atoms with Crippen LogP contribution in [-0.2, 0) is 16.1 Å². The average molecular weight is 307 g/mol. The normalized spacial score (nSPS) is 21.9. The van der Waals surface area contributed by atoms with Crippen LogP contribution in [0, 0.1) is 0 Å². The van der Waals surface area contributed by atoms with Crippen molar-refractivity contribution in [2.24, 2.45) is 0 Å². The van der Waals surface area contributed by atoms with Gasteiger partial charge in [-0.1, -0.05) is 30.3 Å². The van der Waals surface area contributed by atoms with Gasteiger partial charge in [0, 0.05) is 0 Å². The summed E-state index contributed by atoms with van der Waals surface area (Å²) in [6.07, 6.45) is 0.165. The minimum atomic E-state index is -0.400. The van der Waals surface area contributed by atoms with Crippen molar-refractivity contribution < 1.29 is 19.4 Å². The molecule has 0 unspecified atom stereocenters. The zero-order valence-corrected chi connectivity index (χ0v) is 13.5. The van der Waals surface area contributed by atoms with Gasteiger partial charge in [-0.15, -0.1) is 0 Å². The van der Waals surface area contributed by atoms with Crippen LogP contribution in [0.4, 0.5) is 4.79 Å². The number of aliphatic hydroxyl groups excluding tert-OH is 1. The summed E-state index contributed by atoms with van der Waals surface area (Å²) in [5, 5.41) is 9.48. The van der Waals surface area contributed by atoms with Crippen LogP contribution in [0.1, 0.15) is 32.8 Å². The van der Waals surface area contributed by atoms with E-state index in [4.69, 9.17) is 9.47 Å². The highest BCUT2D eigenvalue weighted by atomic mass is 16.6. The highest BCUT2D eigenvalue weighted by molar-refractivity contribution is 5.68. The van der Waals surface area contributed by atoms with E-state index in [-0.39, 0.29) is 31.0 Å². The SMILES string of the molecule is CC(C)(C)O[C@@H]1C[C@@H](CO)N(C(=O)OCc2ccccc2)C1. The number of aliphatic hydroxyl groups is 1. The third kappa shape index (κ3) is 4.71. The monoisotopic (exact) mass is 307 g/mol. The van der Waals surface area contributed by atoms with E-state index in [9.17, 15) is 9.90 Å². The number of carbonyl (C=O) groups excluding carboxylic acids is 1. The maximum absolute atomic E-state index is 12.2. The van der Waals surface area contributed by atoms with Gasteiger partial charge in [-0.25, -0.2) is 4.79 Å². The number of amides is 1. The van der Waals surface area contributed by atoms with Crippen LogP contribution < -0.4 is 0 Å². The van der Waals surface area contributed by atoms with Crippen molar-refractivity contribution in [3.05, 3.63) is 35.9 Å². The van der Waals surface area contributed by atoms with Crippen LogP contribution in [-0.4, -0.2) is 47.0 Å². The van der Waals surface area contributed by atoms with E-state index in [2.05, 4.69) is 0 Å². The Morgan fingerprint density at radius 2 is 2.00 bits per heavy atom. The van der Waals surface area contributed by atoms with Gasteiger partial charge < -0.3 is 19.5 Å². The molecule has 2 rings (SSSR count). The lowest BCUT2D eigenvalue weighted by Crippen LogP contribution is -2.38. The predicted octanol–water partition coefficient (Wildman–Crippen LogP) is 2.57. The van der Waals surface area contributed by atoms with Gasteiger partial charge in [0.25, 0.3) is 0 Å². The number of ether oxygens (including phenoxy) is 2. The molecule has 1 aliphatic heterocycles. The summed E-state index contributed by atoms with van der Waals surface area (Å²) in [5.41, 5.74) is 0.673. The highest BCUT2D eigenvalue weighted by Crippen LogP contribution is 2.25. The maximum atomic E-state index is 12.2. The van der Waals surface area contributed by atoms with Gasteiger partial charge in [-0.3, -0.25) is 0 Å². The molecule has 2 atom stereocenters. The third-order valence-corrected chi connectivity index (χ3v) is 3.55. The molecular weight excluding hydrogens is 282 g/mol. The fourth-order valence-corrected chi connectivity index (χ4v) is 2.66. The number of likely N-dealkylation sites (tertiary alicyclic amines) is 1. The van der Waals surface area contributed by atoms with Crippen molar-refractivity contribution in [3.63, 3.8) is 0 Å². The van der Waals surface area contributed by atoms with Crippen molar-refractivity contribution in [1.82, 2.24) is 4.90 Å². The standard InChI is InChI=1S/C17H25NO4/c1-17(2,3)22-15-9-14(11-19)18(10-15)16(20)21-12-13-7-5-4-6-8-13/h4-8,14-15,19H,9-12H2,1-3H3/t14-,15+/m0/s1. The van der Waals surface area contributed by atoms with Crippen LogP contribution in [0.2, 0.25) is 0 Å². The number of carbonyl (C=O) groups is 1. The van der Waals surface area contributed by atoms with E-state index in [1.807, 2.05) is 51.1 Å². The molecule has 5 nitrogen and oxygen atoms in total. The first-order chi connectivity index (χ1) is 10.4. The molecule has 5 heteroatoms. The molecule has 1 aromatic rings. The van der Waals surface area contributed by atoms with E-state index in [0.717, 1.165) is 5.56 Å². The van der Waals surface area contributed by atoms with Gasteiger partial charge in [0.2, 0.25) is 0 Å². The zero-order valence-electron chi connectivity index (χ0n) is 13.5. The molecule has 122 valence electrons. The Balaban J connectivity index is 1.90. The smallest absolute Gasteiger partial charge is 0.410 e. The Hall–Kier alpha value is -1.59. The van der Waals surface area contributed by atoms with Gasteiger partial charge in [-0.2, -0.15) is 0 Å². The second-order valence-corrected chi connectivity index (χ2v) is 6.62. The summed E-state index contributed by atoms with van der Waals surface area (Å²) in [7, 11) is 0. The van der Waals surface area contributed by atoms with Crippen molar-refractivity contribution in [3.8, 4) is 0 Å². The molecule has 0 spiro atoms. The number of benzene rings is 1. The van der Waals surface area contributed by atoms with Gasteiger partial charge in [0.1, 0.15) is 6.61 Å². The summed E-state index contributed by atoms with van der Waals surface area (Å²) in [6.45, 7) is 6.56. The average Bonchev–Trinajstić information content (AvgIpc) is 2.86. The van der Waals surface area contributed by atoms with E-state index in [1.165, 1.54) is 0 Å². The Kier molecular flexibility index (Phi) is 5.42. The van der Waals surface area contributed by atoms with Crippen molar-refractivity contribution in [1.29, 1.82) is 0 Å². The first-order valence-electron chi connectivity index (χ1n) is 7.65. The fourth-order valence-electron chi connectivity index (χ4n) is 2.66. The lowest BCUT2D eigenvalue weighted by atomic mass is 10.1. The minimum Gasteiger partial charge on any atom is -0.445 e. The van der Waals surface area contributed by atoms with Crippen LogP contribution in [0.15, 0.2) is 30.3 Å². The largest absolute Gasteiger partial charge is 0.445 e. The second kappa shape index (κ2) is 7.11. The molecule has 0 bridgehead atoms. The summed E-state index contributed by atoms with van der Waals surface area (Å²) < 4.78 is 11.3. The molecule has 0 saturated carbocycles. The summed E-state index contributed by atoms with van der Waals surface area (Å²) >= 11 is 0. The van der Waals surface area contributed by atoms with Gasteiger partial charge in [-0.05, 0) is 32.8 Å². The van der Waals surface area contributed by atoms with Gasteiger partial charge >= 0.3 is 6.09 Å². The highest BCUT2D eigenvalue weighted by Gasteiger charge is 2.37. The second-order valence-electron chi connectivity index (χ2n) is 6.62. The molecule has 1 saturated heterocycles. The van der Waals surface area contributed by atoms with Crippen molar-refractivity contribution >= 4 is 6.09 Å².